The molecule has 2 aliphatic rings. The highest BCUT2D eigenvalue weighted by molar-refractivity contribution is 5.95. The highest BCUT2D eigenvalue weighted by Gasteiger charge is 2.50. The minimum absolute atomic E-state index is 0.0218. The van der Waals surface area contributed by atoms with Crippen molar-refractivity contribution in [1.29, 1.82) is 0 Å². The minimum Gasteiger partial charge on any atom is -0.454 e. The molecule has 5 nitrogen and oxygen atoms in total. The Morgan fingerprint density at radius 1 is 1.03 bits per heavy atom. The summed E-state index contributed by atoms with van der Waals surface area (Å²) >= 11 is 0. The van der Waals surface area contributed by atoms with E-state index in [-0.39, 0.29) is 19.2 Å². The fourth-order valence-corrected chi connectivity index (χ4v) is 4.16. The van der Waals surface area contributed by atoms with Gasteiger partial charge in [0.2, 0.25) is 6.79 Å². The Labute approximate surface area is 175 Å². The zero-order chi connectivity index (χ0) is 20.7. The number of pyridine rings is 1. The highest BCUT2D eigenvalue weighted by atomic mass is 16.7. The fourth-order valence-electron chi connectivity index (χ4n) is 4.16. The number of aromatic nitrogens is 1. The van der Waals surface area contributed by atoms with Crippen molar-refractivity contribution < 1.29 is 19.4 Å². The maximum Gasteiger partial charge on any atom is 0.231 e. The van der Waals surface area contributed by atoms with Gasteiger partial charge in [0, 0.05) is 23.9 Å². The number of carbonyl (C=O) groups excluding carboxylic acids is 1. The van der Waals surface area contributed by atoms with Crippen LogP contribution in [0.2, 0.25) is 0 Å². The maximum atomic E-state index is 13.3. The molecule has 1 saturated carbocycles. The summed E-state index contributed by atoms with van der Waals surface area (Å²) in [7, 11) is 0. The summed E-state index contributed by atoms with van der Waals surface area (Å²) in [5.74, 6) is 1.67. The molecular formula is C25H23NO4. The van der Waals surface area contributed by atoms with Gasteiger partial charge >= 0.3 is 0 Å². The molecule has 0 atom stereocenters. The molecule has 0 bridgehead atoms. The van der Waals surface area contributed by atoms with Gasteiger partial charge in [-0.25, -0.2) is 0 Å². The average molecular weight is 401 g/mol. The van der Waals surface area contributed by atoms with Crippen LogP contribution in [0, 0.1) is 6.92 Å². The smallest absolute Gasteiger partial charge is 0.231 e. The number of hydrogen-bond acceptors (Lipinski definition) is 5. The second kappa shape index (κ2) is 7.26. The van der Waals surface area contributed by atoms with Crippen LogP contribution in [0.5, 0.6) is 11.5 Å². The van der Waals surface area contributed by atoms with E-state index >= 15 is 0 Å². The minimum atomic E-state index is -0.422. The number of hydrogen-bond donors (Lipinski definition) is 1. The molecule has 5 heteroatoms. The third-order valence-corrected chi connectivity index (χ3v) is 6.16. The van der Waals surface area contributed by atoms with E-state index in [0.29, 0.717) is 6.42 Å². The van der Waals surface area contributed by atoms with Crippen LogP contribution in [-0.4, -0.2) is 22.7 Å². The molecule has 0 saturated heterocycles. The van der Waals surface area contributed by atoms with Gasteiger partial charge in [0.05, 0.1) is 12.0 Å². The van der Waals surface area contributed by atoms with Gasteiger partial charge in [0.25, 0.3) is 0 Å². The van der Waals surface area contributed by atoms with E-state index in [4.69, 9.17) is 9.47 Å². The summed E-state index contributed by atoms with van der Waals surface area (Å²) in [6, 6.07) is 15.7. The van der Waals surface area contributed by atoms with E-state index in [9.17, 15) is 9.90 Å². The van der Waals surface area contributed by atoms with Gasteiger partial charge in [-0.2, -0.15) is 0 Å². The van der Waals surface area contributed by atoms with Gasteiger partial charge in [-0.15, -0.1) is 0 Å². The Balaban J connectivity index is 1.39. The molecule has 1 aliphatic carbocycles. The van der Waals surface area contributed by atoms with Gasteiger partial charge in [-0.05, 0) is 60.2 Å². The fraction of sp³-hybridized carbons (Fsp3) is 0.280. The molecular weight excluding hydrogens is 378 g/mol. The quantitative estimate of drug-likeness (QED) is 0.673. The van der Waals surface area contributed by atoms with Crippen LogP contribution in [0.3, 0.4) is 0 Å². The zero-order valence-corrected chi connectivity index (χ0v) is 16.9. The molecule has 1 aromatic heterocycles. The van der Waals surface area contributed by atoms with E-state index in [1.54, 1.807) is 6.20 Å². The number of Topliss-reactive ketones (excluding diaryl/α,β-unsaturated/α-hetero) is 1. The number of rotatable bonds is 6. The molecule has 2 heterocycles. The highest BCUT2D eigenvalue weighted by Crippen LogP contribution is 2.51. The Hall–Kier alpha value is -3.18. The predicted molar refractivity (Wildman–Crippen MR) is 113 cm³/mol. The molecule has 0 amide bonds. The Bertz CT molecular complexity index is 1120. The predicted octanol–water partition coefficient (Wildman–Crippen LogP) is 4.12. The summed E-state index contributed by atoms with van der Waals surface area (Å²) < 4.78 is 10.9. The molecule has 0 radical (unpaired) electrons. The SMILES string of the molecule is Cc1ncc(CC(=O)C2(c3ccc4c(c3)OCO4)CC2)cc1-c1ccc(CO)cc1. The van der Waals surface area contributed by atoms with Crippen molar-refractivity contribution in [3.63, 3.8) is 0 Å². The molecule has 5 rings (SSSR count). The average Bonchev–Trinajstić information content (AvgIpc) is 3.46. The van der Waals surface area contributed by atoms with Crippen molar-refractivity contribution in [2.45, 2.75) is 38.2 Å². The monoisotopic (exact) mass is 401 g/mol. The van der Waals surface area contributed by atoms with Crippen molar-refractivity contribution in [3.8, 4) is 22.6 Å². The molecule has 3 aromatic rings. The molecule has 0 spiro atoms. The normalized spacial score (nSPS) is 15.8. The van der Waals surface area contributed by atoms with E-state index in [1.165, 1.54) is 0 Å². The Morgan fingerprint density at radius 2 is 1.80 bits per heavy atom. The number of aliphatic hydroxyl groups is 1. The number of benzene rings is 2. The van der Waals surface area contributed by atoms with Crippen molar-refractivity contribution >= 4 is 5.78 Å². The van der Waals surface area contributed by atoms with Gasteiger partial charge < -0.3 is 14.6 Å². The van der Waals surface area contributed by atoms with Gasteiger partial charge in [-0.1, -0.05) is 30.3 Å². The molecule has 1 N–H and O–H groups in total. The van der Waals surface area contributed by atoms with Gasteiger partial charge in [-0.3, -0.25) is 9.78 Å². The molecule has 0 unspecified atom stereocenters. The second-order valence-electron chi connectivity index (χ2n) is 8.08. The first-order valence-corrected chi connectivity index (χ1v) is 10.2. The van der Waals surface area contributed by atoms with Crippen LogP contribution in [-0.2, 0) is 23.2 Å². The van der Waals surface area contributed by atoms with E-state index in [2.05, 4.69) is 11.1 Å². The third-order valence-electron chi connectivity index (χ3n) is 6.16. The molecule has 1 aliphatic heterocycles. The van der Waals surface area contributed by atoms with Crippen LogP contribution in [0.1, 0.15) is 35.2 Å². The number of aryl methyl sites for hydroxylation is 1. The maximum absolute atomic E-state index is 13.3. The number of ether oxygens (including phenoxy) is 2. The van der Waals surface area contributed by atoms with E-state index in [0.717, 1.165) is 57.9 Å². The van der Waals surface area contributed by atoms with Gasteiger partial charge in [0.1, 0.15) is 5.78 Å². The van der Waals surface area contributed by atoms with Crippen molar-refractivity contribution in [2.75, 3.05) is 6.79 Å². The summed E-state index contributed by atoms with van der Waals surface area (Å²) in [4.78, 5) is 17.8. The summed E-state index contributed by atoms with van der Waals surface area (Å²) in [6.07, 6.45) is 3.87. The third kappa shape index (κ3) is 3.25. The lowest BCUT2D eigenvalue weighted by Gasteiger charge is -2.16. The standard InChI is InChI=1S/C25H23NO4/c1-16-21(19-4-2-17(14-27)3-5-19)10-18(13-26-16)11-24(28)25(8-9-25)20-6-7-22-23(12-20)30-15-29-22/h2-7,10,12-13,27H,8-9,11,14-15H2,1H3. The Morgan fingerprint density at radius 3 is 2.53 bits per heavy atom. The number of ketones is 1. The molecule has 152 valence electrons. The molecule has 2 aromatic carbocycles. The number of nitrogens with zero attached hydrogens (tertiary/aromatic N) is 1. The number of fused-ring (bicyclic) bond motifs is 1. The first kappa shape index (κ1) is 18.8. The topological polar surface area (TPSA) is 68.7 Å². The van der Waals surface area contributed by atoms with Gasteiger partial charge in [0.15, 0.2) is 11.5 Å². The lowest BCUT2D eigenvalue weighted by Crippen LogP contribution is -2.22. The van der Waals surface area contributed by atoms with Crippen LogP contribution in [0.15, 0.2) is 54.7 Å². The van der Waals surface area contributed by atoms with Crippen LogP contribution in [0.25, 0.3) is 11.1 Å². The van der Waals surface area contributed by atoms with Crippen molar-refractivity contribution in [2.24, 2.45) is 0 Å². The van der Waals surface area contributed by atoms with Crippen LogP contribution in [0.4, 0.5) is 0 Å². The summed E-state index contributed by atoms with van der Waals surface area (Å²) in [6.45, 7) is 2.22. The largest absolute Gasteiger partial charge is 0.454 e. The van der Waals surface area contributed by atoms with Crippen LogP contribution < -0.4 is 9.47 Å². The zero-order valence-electron chi connectivity index (χ0n) is 16.9. The molecule has 30 heavy (non-hydrogen) atoms. The first-order chi connectivity index (χ1) is 14.6. The Kier molecular flexibility index (Phi) is 4.55. The number of carbonyl (C=O) groups is 1. The van der Waals surface area contributed by atoms with Crippen molar-refractivity contribution in [1.82, 2.24) is 4.98 Å². The number of aliphatic hydroxyl groups excluding tert-OH is 1. The lowest BCUT2D eigenvalue weighted by atomic mass is 9.87. The van der Waals surface area contributed by atoms with E-state index in [1.807, 2.05) is 49.4 Å². The van der Waals surface area contributed by atoms with Crippen molar-refractivity contribution in [3.05, 3.63) is 77.1 Å². The lowest BCUT2D eigenvalue weighted by molar-refractivity contribution is -0.120. The first-order valence-electron chi connectivity index (χ1n) is 10.2. The van der Waals surface area contributed by atoms with Crippen LogP contribution >= 0.6 is 0 Å². The summed E-state index contributed by atoms with van der Waals surface area (Å²) in [5.41, 5.74) is 5.33. The molecule has 1 fully saturated rings. The second-order valence-corrected chi connectivity index (χ2v) is 8.08. The summed E-state index contributed by atoms with van der Waals surface area (Å²) in [5, 5.41) is 9.26. The van der Waals surface area contributed by atoms with E-state index < -0.39 is 5.41 Å².